The largest absolute Gasteiger partial charge is 0.350 e. The fourth-order valence-electron chi connectivity index (χ4n) is 7.39. The zero-order valence-electron chi connectivity index (χ0n) is 18.5. The summed E-state index contributed by atoms with van der Waals surface area (Å²) in [6.45, 7) is 10.6. The summed E-state index contributed by atoms with van der Waals surface area (Å²) in [5, 5.41) is 0. The maximum absolute atomic E-state index is 6.55. The highest BCUT2D eigenvalue weighted by Crippen LogP contribution is 2.60. The van der Waals surface area contributed by atoms with Gasteiger partial charge in [-0.15, -0.1) is 0 Å². The van der Waals surface area contributed by atoms with E-state index in [1.165, 1.54) is 61.7 Å². The molecule has 4 aliphatic rings. The van der Waals surface area contributed by atoms with Crippen molar-refractivity contribution in [3.63, 3.8) is 0 Å². The number of benzene rings is 1. The lowest BCUT2D eigenvalue weighted by atomic mass is 9.67. The van der Waals surface area contributed by atoms with Crippen LogP contribution in [-0.2, 0) is 16.0 Å². The summed E-state index contributed by atoms with van der Waals surface area (Å²) in [5.74, 6) is 2.63. The highest BCUT2D eigenvalue weighted by Gasteiger charge is 2.53. The Morgan fingerprint density at radius 1 is 1.03 bits per heavy atom. The normalized spacial score (nSPS) is 37.8. The van der Waals surface area contributed by atoms with Crippen LogP contribution in [0.1, 0.15) is 64.4 Å². The Morgan fingerprint density at radius 2 is 1.83 bits per heavy atom. The molecule has 1 aromatic rings. The summed E-state index contributed by atoms with van der Waals surface area (Å²) in [5.41, 5.74) is 1.94. The molecule has 0 radical (unpaired) electrons. The van der Waals surface area contributed by atoms with Crippen LogP contribution in [-0.4, -0.2) is 43.1 Å². The Morgan fingerprint density at radius 3 is 2.55 bits per heavy atom. The summed E-state index contributed by atoms with van der Waals surface area (Å²) in [6, 6.07) is 11.1. The third kappa shape index (κ3) is 4.03. The van der Waals surface area contributed by atoms with E-state index in [9.17, 15) is 0 Å². The molecule has 0 spiro atoms. The molecule has 5 unspecified atom stereocenters. The van der Waals surface area contributed by atoms with Gasteiger partial charge < -0.3 is 14.0 Å². The van der Waals surface area contributed by atoms with Crippen LogP contribution in [0.2, 0.25) is 0 Å². The van der Waals surface area contributed by atoms with Crippen LogP contribution in [0.15, 0.2) is 30.3 Å². The number of hydrogen-bond acceptors (Lipinski definition) is 2. The maximum atomic E-state index is 6.55. The highest BCUT2D eigenvalue weighted by atomic mass is 16.7. The van der Waals surface area contributed by atoms with Gasteiger partial charge in [0.15, 0.2) is 6.29 Å². The predicted molar refractivity (Wildman–Crippen MR) is 116 cm³/mol. The van der Waals surface area contributed by atoms with Crippen molar-refractivity contribution in [2.45, 2.75) is 77.7 Å². The number of ether oxygens (including phenoxy) is 2. The number of piperidine rings is 1. The van der Waals surface area contributed by atoms with Crippen molar-refractivity contribution in [2.75, 3.05) is 26.2 Å². The number of hydrogen-bond donors (Lipinski definition) is 0. The fourth-order valence-corrected chi connectivity index (χ4v) is 7.39. The minimum absolute atomic E-state index is 0.0326. The Bertz CT molecular complexity index is 681. The SMILES string of the molecule is CC1(C)C2CCC(C2)C1CC1OCC(C[N+]2(Cc3ccccc3)CCCCC2)O1. The average molecular weight is 399 g/mol. The molecule has 2 aliphatic heterocycles. The summed E-state index contributed by atoms with van der Waals surface area (Å²) < 4.78 is 14.0. The smallest absolute Gasteiger partial charge is 0.158 e. The fraction of sp³-hybridized carbons (Fsp3) is 0.769. The van der Waals surface area contributed by atoms with Crippen molar-refractivity contribution in [3.05, 3.63) is 35.9 Å². The van der Waals surface area contributed by atoms with Gasteiger partial charge in [-0.2, -0.15) is 0 Å². The van der Waals surface area contributed by atoms with Crippen LogP contribution in [0.4, 0.5) is 0 Å². The minimum Gasteiger partial charge on any atom is -0.350 e. The Labute approximate surface area is 177 Å². The van der Waals surface area contributed by atoms with Gasteiger partial charge in [0.2, 0.25) is 0 Å². The number of rotatable bonds is 6. The van der Waals surface area contributed by atoms with Gasteiger partial charge in [-0.1, -0.05) is 44.2 Å². The van der Waals surface area contributed by atoms with Gasteiger partial charge in [-0.05, 0) is 61.7 Å². The molecule has 3 heteroatoms. The van der Waals surface area contributed by atoms with Crippen molar-refractivity contribution < 1.29 is 14.0 Å². The molecular formula is C26H40NO2+. The average Bonchev–Trinajstić information content (AvgIpc) is 3.41. The van der Waals surface area contributed by atoms with E-state index >= 15 is 0 Å². The molecule has 2 saturated heterocycles. The van der Waals surface area contributed by atoms with Crippen molar-refractivity contribution >= 4 is 0 Å². The van der Waals surface area contributed by atoms with Gasteiger partial charge in [0.05, 0.1) is 19.7 Å². The van der Waals surface area contributed by atoms with E-state index in [-0.39, 0.29) is 12.4 Å². The first-order valence-electron chi connectivity index (χ1n) is 12.2. The zero-order chi connectivity index (χ0) is 19.9. The van der Waals surface area contributed by atoms with Crippen LogP contribution >= 0.6 is 0 Å². The van der Waals surface area contributed by atoms with E-state index in [0.29, 0.717) is 5.41 Å². The number of likely N-dealkylation sites (tertiary alicyclic amines) is 1. The second-order valence-electron chi connectivity index (χ2n) is 11.1. The summed E-state index contributed by atoms with van der Waals surface area (Å²) in [6.07, 6.45) is 9.84. The monoisotopic (exact) mass is 398 g/mol. The second kappa shape index (κ2) is 7.98. The minimum atomic E-state index is 0.0326. The van der Waals surface area contributed by atoms with Crippen LogP contribution in [0, 0.1) is 23.2 Å². The Balaban J connectivity index is 1.21. The highest BCUT2D eigenvalue weighted by molar-refractivity contribution is 5.13. The van der Waals surface area contributed by atoms with Crippen LogP contribution in [0.3, 0.4) is 0 Å². The second-order valence-corrected chi connectivity index (χ2v) is 11.1. The van der Waals surface area contributed by atoms with E-state index in [0.717, 1.165) is 43.9 Å². The van der Waals surface area contributed by atoms with Gasteiger partial charge in [0.1, 0.15) is 19.2 Å². The molecular weight excluding hydrogens is 358 g/mol. The van der Waals surface area contributed by atoms with Gasteiger partial charge >= 0.3 is 0 Å². The lowest BCUT2D eigenvalue weighted by Crippen LogP contribution is -2.54. The van der Waals surface area contributed by atoms with Crippen LogP contribution < -0.4 is 0 Å². The molecule has 3 nitrogen and oxygen atoms in total. The van der Waals surface area contributed by atoms with Crippen LogP contribution in [0.5, 0.6) is 0 Å². The van der Waals surface area contributed by atoms with Gasteiger partial charge in [0.25, 0.3) is 0 Å². The molecule has 2 aliphatic carbocycles. The number of nitrogens with zero attached hydrogens (tertiary/aromatic N) is 1. The van der Waals surface area contributed by atoms with Crippen LogP contribution in [0.25, 0.3) is 0 Å². The number of quaternary nitrogens is 1. The molecule has 1 aromatic carbocycles. The first-order chi connectivity index (χ1) is 14.0. The number of fused-ring (bicyclic) bond motifs is 2. The van der Waals surface area contributed by atoms with Gasteiger partial charge in [-0.3, -0.25) is 0 Å². The quantitative estimate of drug-likeness (QED) is 0.598. The molecule has 29 heavy (non-hydrogen) atoms. The summed E-state index contributed by atoms with van der Waals surface area (Å²) in [7, 11) is 0. The lowest BCUT2D eigenvalue weighted by molar-refractivity contribution is -0.947. The predicted octanol–water partition coefficient (Wildman–Crippen LogP) is 5.39. The lowest BCUT2D eigenvalue weighted by Gasteiger charge is -2.43. The van der Waals surface area contributed by atoms with Gasteiger partial charge in [0, 0.05) is 12.0 Å². The molecule has 2 heterocycles. The Hall–Kier alpha value is -0.900. The van der Waals surface area contributed by atoms with Crippen molar-refractivity contribution in [3.8, 4) is 0 Å². The summed E-state index contributed by atoms with van der Waals surface area (Å²) >= 11 is 0. The molecule has 5 atom stereocenters. The van der Waals surface area contributed by atoms with Crippen molar-refractivity contribution in [1.29, 1.82) is 0 Å². The molecule has 0 amide bonds. The van der Waals surface area contributed by atoms with E-state index < -0.39 is 0 Å². The zero-order valence-corrected chi connectivity index (χ0v) is 18.5. The van der Waals surface area contributed by atoms with E-state index in [1.807, 2.05) is 0 Å². The van der Waals surface area contributed by atoms with Gasteiger partial charge in [-0.25, -0.2) is 0 Å². The molecule has 5 rings (SSSR count). The first kappa shape index (κ1) is 20.0. The molecule has 4 fully saturated rings. The third-order valence-electron chi connectivity index (χ3n) is 9.03. The maximum Gasteiger partial charge on any atom is 0.158 e. The van der Waals surface area contributed by atoms with E-state index in [2.05, 4.69) is 44.2 Å². The van der Waals surface area contributed by atoms with E-state index in [1.54, 1.807) is 0 Å². The van der Waals surface area contributed by atoms with Crippen molar-refractivity contribution in [2.24, 2.45) is 23.2 Å². The Kier molecular flexibility index (Phi) is 5.51. The third-order valence-corrected chi connectivity index (χ3v) is 9.03. The molecule has 2 saturated carbocycles. The summed E-state index contributed by atoms with van der Waals surface area (Å²) in [4.78, 5) is 0. The standard InChI is InChI=1S/C26H40NO2/c1-26(2)22-12-11-21(15-22)24(26)16-25-28-19-23(29-25)18-27(13-7-4-8-14-27)17-20-9-5-3-6-10-20/h3,5-6,9-10,21-25H,4,7-8,11-19H2,1-2H3/q+1. The molecule has 0 N–H and O–H groups in total. The molecule has 0 aromatic heterocycles. The topological polar surface area (TPSA) is 18.5 Å². The van der Waals surface area contributed by atoms with E-state index in [4.69, 9.17) is 9.47 Å². The molecule has 160 valence electrons. The first-order valence-corrected chi connectivity index (χ1v) is 12.2. The molecule has 2 bridgehead atoms. The van der Waals surface area contributed by atoms with Crippen molar-refractivity contribution in [1.82, 2.24) is 0 Å².